The van der Waals surface area contributed by atoms with Crippen LogP contribution in [0.15, 0.2) is 237 Å². The Morgan fingerprint density at radius 2 is 0.778 bits per heavy atom. The fraction of sp³-hybridized carbons (Fsp3) is 0.127. The quantitative estimate of drug-likeness (QED) is 0.150. The summed E-state index contributed by atoms with van der Waals surface area (Å²) in [5.74, 6) is 0. The van der Waals surface area contributed by atoms with Crippen molar-refractivity contribution in [3.8, 4) is 55.6 Å². The van der Waals surface area contributed by atoms with Gasteiger partial charge in [0.25, 0.3) is 0 Å². The molecule has 0 atom stereocenters. The van der Waals surface area contributed by atoms with E-state index in [1.54, 1.807) is 0 Å². The van der Waals surface area contributed by atoms with Gasteiger partial charge in [-0.05, 0) is 123 Å². The van der Waals surface area contributed by atoms with Gasteiger partial charge in [0.1, 0.15) is 0 Å². The third kappa shape index (κ3) is 6.60. The summed E-state index contributed by atoms with van der Waals surface area (Å²) in [4.78, 5) is 2.61. The minimum absolute atomic E-state index is 0.0404. The van der Waals surface area contributed by atoms with Crippen LogP contribution in [0.2, 0.25) is 0 Å². The first-order valence-electron chi connectivity index (χ1n) is 25.6. The van der Waals surface area contributed by atoms with Gasteiger partial charge in [-0.3, -0.25) is 0 Å². The van der Waals surface area contributed by atoms with Crippen LogP contribution in [0.5, 0.6) is 0 Å². The molecule has 0 bridgehead atoms. The molecular weight excluding hydrogens is 867 g/mol. The SMILES string of the molecule is CC(C)(C)c1ccc2c(c1)C1(c3cc(C(C)(C)C)ccc3-2)c2ccccc2-c2c(N(c3ccccc3-c3ccccc3-c3ccccc3-c3ccccc3)c3cccc4c3ccc3ccccc34)cccc21. The van der Waals surface area contributed by atoms with E-state index in [-0.39, 0.29) is 10.8 Å². The molecule has 0 radical (unpaired) electrons. The molecule has 346 valence electrons. The Morgan fingerprint density at radius 3 is 1.46 bits per heavy atom. The molecule has 0 aliphatic heterocycles. The lowest BCUT2D eigenvalue weighted by Crippen LogP contribution is -2.27. The van der Waals surface area contributed by atoms with Gasteiger partial charge >= 0.3 is 0 Å². The number of anilines is 3. The molecule has 11 aromatic rings. The van der Waals surface area contributed by atoms with Crippen molar-refractivity contribution in [2.24, 2.45) is 0 Å². The average molecular weight is 924 g/mol. The van der Waals surface area contributed by atoms with Crippen LogP contribution in [0.1, 0.15) is 74.9 Å². The second-order valence-corrected chi connectivity index (χ2v) is 22.0. The second-order valence-electron chi connectivity index (χ2n) is 22.0. The molecule has 0 saturated heterocycles. The summed E-state index contributed by atoms with van der Waals surface area (Å²) in [5.41, 5.74) is 23.2. The van der Waals surface area contributed by atoms with E-state index in [0.29, 0.717) is 0 Å². The van der Waals surface area contributed by atoms with Gasteiger partial charge in [-0.1, -0.05) is 260 Å². The van der Waals surface area contributed by atoms with Crippen molar-refractivity contribution in [1.82, 2.24) is 0 Å². The highest BCUT2D eigenvalue weighted by Crippen LogP contribution is 2.66. The van der Waals surface area contributed by atoms with Gasteiger partial charge < -0.3 is 4.90 Å². The maximum absolute atomic E-state index is 2.61. The molecule has 0 heterocycles. The van der Waals surface area contributed by atoms with Crippen molar-refractivity contribution >= 4 is 38.6 Å². The maximum Gasteiger partial charge on any atom is 0.0726 e. The largest absolute Gasteiger partial charge is 0.309 e. The van der Waals surface area contributed by atoms with E-state index in [4.69, 9.17) is 0 Å². The summed E-state index contributed by atoms with van der Waals surface area (Å²) in [6, 6.07) is 89.3. The van der Waals surface area contributed by atoms with Crippen LogP contribution in [-0.4, -0.2) is 0 Å². The molecule has 0 fully saturated rings. The normalized spacial score (nSPS) is 13.2. The smallest absolute Gasteiger partial charge is 0.0726 e. The van der Waals surface area contributed by atoms with Gasteiger partial charge in [-0.15, -0.1) is 0 Å². The number of hydrogen-bond acceptors (Lipinski definition) is 1. The average Bonchev–Trinajstić information content (AvgIpc) is 3.88. The molecular formula is C71H57N. The minimum atomic E-state index is -0.553. The van der Waals surface area contributed by atoms with E-state index in [2.05, 4.69) is 283 Å². The highest BCUT2D eigenvalue weighted by Gasteiger charge is 2.53. The number of para-hydroxylation sites is 1. The molecule has 13 rings (SSSR count). The van der Waals surface area contributed by atoms with Crippen molar-refractivity contribution in [3.63, 3.8) is 0 Å². The van der Waals surface area contributed by atoms with E-state index >= 15 is 0 Å². The molecule has 0 unspecified atom stereocenters. The van der Waals surface area contributed by atoms with Crippen molar-refractivity contribution in [2.45, 2.75) is 57.8 Å². The molecule has 0 saturated carbocycles. The zero-order valence-electron chi connectivity index (χ0n) is 42.0. The lowest BCUT2D eigenvalue weighted by molar-refractivity contribution is 0.586. The van der Waals surface area contributed by atoms with Gasteiger partial charge in [0, 0.05) is 16.5 Å². The second kappa shape index (κ2) is 16.4. The Morgan fingerprint density at radius 1 is 0.292 bits per heavy atom. The highest BCUT2D eigenvalue weighted by molar-refractivity contribution is 6.14. The Labute approximate surface area is 424 Å². The standard InChI is InChI=1S/C71H57N/c1-69(2,3)48-39-42-56-57-43-40-49(70(4,5)6)45-64(57)71(63(56)44-48)61-33-18-16-31-60(61)68-62(71)34-21-37-67(68)72(66-36-20-32-53-51-25-11-10-24-47(51)38-41-59(53)66)65-35-19-17-30-58(65)55-29-15-14-28-54(55)52-27-13-12-26-50(52)46-22-8-7-9-23-46/h7-45H,1-6H3. The van der Waals surface area contributed by atoms with Crippen LogP contribution < -0.4 is 4.90 Å². The molecule has 2 aliphatic carbocycles. The molecule has 0 N–H and O–H groups in total. The third-order valence-corrected chi connectivity index (χ3v) is 15.8. The zero-order chi connectivity index (χ0) is 48.9. The summed E-state index contributed by atoms with van der Waals surface area (Å²) in [6.45, 7) is 14.1. The highest BCUT2D eigenvalue weighted by atomic mass is 15.1. The fourth-order valence-electron chi connectivity index (χ4n) is 12.4. The molecule has 11 aromatic carbocycles. The first-order chi connectivity index (χ1) is 35.0. The van der Waals surface area contributed by atoms with Gasteiger partial charge in [-0.25, -0.2) is 0 Å². The van der Waals surface area contributed by atoms with Gasteiger partial charge in [0.05, 0.1) is 22.5 Å². The molecule has 2 aliphatic rings. The van der Waals surface area contributed by atoms with Crippen LogP contribution in [0.3, 0.4) is 0 Å². The Balaban J connectivity index is 1.14. The molecule has 0 aromatic heterocycles. The summed E-state index contributed by atoms with van der Waals surface area (Å²) >= 11 is 0. The first kappa shape index (κ1) is 43.7. The zero-order valence-corrected chi connectivity index (χ0v) is 42.0. The predicted octanol–water partition coefficient (Wildman–Crippen LogP) is 19.4. The van der Waals surface area contributed by atoms with Gasteiger partial charge in [0.15, 0.2) is 0 Å². The lowest BCUT2D eigenvalue weighted by Gasteiger charge is -2.34. The Kier molecular flexibility index (Phi) is 9.97. The number of hydrogen-bond donors (Lipinski definition) is 0. The number of benzene rings is 11. The van der Waals surface area contributed by atoms with Crippen molar-refractivity contribution < 1.29 is 0 Å². The molecule has 1 nitrogen and oxygen atoms in total. The van der Waals surface area contributed by atoms with E-state index in [1.807, 2.05) is 0 Å². The van der Waals surface area contributed by atoms with E-state index in [1.165, 1.54) is 105 Å². The van der Waals surface area contributed by atoms with Crippen molar-refractivity contribution in [3.05, 3.63) is 270 Å². The van der Waals surface area contributed by atoms with Crippen LogP contribution in [0, 0.1) is 0 Å². The van der Waals surface area contributed by atoms with Crippen molar-refractivity contribution in [1.29, 1.82) is 0 Å². The summed E-state index contributed by atoms with van der Waals surface area (Å²) < 4.78 is 0. The van der Waals surface area contributed by atoms with E-state index in [9.17, 15) is 0 Å². The maximum atomic E-state index is 2.61. The lowest BCUT2D eigenvalue weighted by atomic mass is 9.69. The van der Waals surface area contributed by atoms with E-state index < -0.39 is 5.41 Å². The van der Waals surface area contributed by atoms with Crippen LogP contribution >= 0.6 is 0 Å². The fourth-order valence-corrected chi connectivity index (χ4v) is 12.4. The Bertz CT molecular complexity index is 3890. The third-order valence-electron chi connectivity index (χ3n) is 15.8. The first-order valence-corrected chi connectivity index (χ1v) is 25.6. The van der Waals surface area contributed by atoms with Crippen LogP contribution in [0.25, 0.3) is 77.2 Å². The molecule has 1 heteroatoms. The number of fused-ring (bicyclic) bond motifs is 13. The molecule has 0 amide bonds. The summed E-state index contributed by atoms with van der Waals surface area (Å²) in [6.07, 6.45) is 0. The number of rotatable bonds is 6. The minimum Gasteiger partial charge on any atom is -0.309 e. The monoisotopic (exact) mass is 923 g/mol. The van der Waals surface area contributed by atoms with Gasteiger partial charge in [-0.2, -0.15) is 0 Å². The van der Waals surface area contributed by atoms with Crippen LogP contribution in [0.4, 0.5) is 17.1 Å². The van der Waals surface area contributed by atoms with Crippen LogP contribution in [-0.2, 0) is 16.2 Å². The molecule has 72 heavy (non-hydrogen) atoms. The van der Waals surface area contributed by atoms with E-state index in [0.717, 1.165) is 22.6 Å². The van der Waals surface area contributed by atoms with Gasteiger partial charge in [0.2, 0.25) is 0 Å². The molecule has 1 spiro atoms. The topological polar surface area (TPSA) is 3.24 Å². The summed E-state index contributed by atoms with van der Waals surface area (Å²) in [5, 5.41) is 4.92. The Hall–Kier alpha value is -8.26. The number of nitrogens with zero attached hydrogens (tertiary/aromatic N) is 1. The van der Waals surface area contributed by atoms with Crippen molar-refractivity contribution in [2.75, 3.05) is 4.90 Å². The summed E-state index contributed by atoms with van der Waals surface area (Å²) in [7, 11) is 0. The predicted molar refractivity (Wildman–Crippen MR) is 306 cm³/mol.